The molecule has 0 N–H and O–H groups in total. The van der Waals surface area contributed by atoms with E-state index in [0.717, 1.165) is 0 Å². The second kappa shape index (κ2) is 6.47. The van der Waals surface area contributed by atoms with Crippen LogP contribution in [-0.2, 0) is 4.79 Å². The largest absolute Gasteiger partial charge is 0.493 e. The van der Waals surface area contributed by atoms with Crippen LogP contribution in [0.1, 0.15) is 23.2 Å². The maximum absolute atomic E-state index is 12.6. The number of carbonyl (C=O) groups is 2. The van der Waals surface area contributed by atoms with Crippen LogP contribution in [0, 0.1) is 0 Å². The van der Waals surface area contributed by atoms with Crippen LogP contribution in [0.2, 0.25) is 0 Å². The zero-order valence-electron chi connectivity index (χ0n) is 12.5. The van der Waals surface area contributed by atoms with Crippen molar-refractivity contribution < 1.29 is 23.8 Å². The molecule has 21 heavy (non-hydrogen) atoms. The minimum Gasteiger partial charge on any atom is -0.493 e. The van der Waals surface area contributed by atoms with E-state index < -0.39 is 0 Å². The number of benzene rings is 1. The van der Waals surface area contributed by atoms with Crippen molar-refractivity contribution in [2.24, 2.45) is 0 Å². The highest BCUT2D eigenvalue weighted by Gasteiger charge is 2.27. The first kappa shape index (κ1) is 15.2. The Balaban J connectivity index is 2.38. The van der Waals surface area contributed by atoms with Gasteiger partial charge in [0.05, 0.1) is 33.4 Å². The third-order valence-electron chi connectivity index (χ3n) is 3.47. The average molecular weight is 293 g/mol. The molecule has 1 aliphatic rings. The number of hydrogen-bond donors (Lipinski definition) is 0. The van der Waals surface area contributed by atoms with Crippen molar-refractivity contribution in [1.29, 1.82) is 0 Å². The molecule has 0 aromatic heterocycles. The van der Waals surface area contributed by atoms with Gasteiger partial charge in [-0.25, -0.2) is 0 Å². The topological polar surface area (TPSA) is 65.1 Å². The van der Waals surface area contributed by atoms with Crippen LogP contribution in [-0.4, -0.2) is 51.0 Å². The Labute approximate surface area is 123 Å². The summed E-state index contributed by atoms with van der Waals surface area (Å²) in [5.74, 6) is 1.02. The molecule has 6 nitrogen and oxygen atoms in total. The van der Waals surface area contributed by atoms with Gasteiger partial charge in [-0.1, -0.05) is 0 Å². The van der Waals surface area contributed by atoms with Gasteiger partial charge in [-0.3, -0.25) is 9.59 Å². The predicted octanol–water partition coefficient (Wildman–Crippen LogP) is 1.52. The van der Waals surface area contributed by atoms with Crippen molar-refractivity contribution in [2.75, 3.05) is 34.4 Å². The van der Waals surface area contributed by atoms with E-state index in [1.54, 1.807) is 12.1 Å². The third-order valence-corrected chi connectivity index (χ3v) is 3.47. The molecule has 0 radical (unpaired) electrons. The first-order valence-corrected chi connectivity index (χ1v) is 6.72. The molecule has 1 aliphatic heterocycles. The van der Waals surface area contributed by atoms with Crippen molar-refractivity contribution in [3.63, 3.8) is 0 Å². The van der Waals surface area contributed by atoms with Crippen LogP contribution >= 0.6 is 0 Å². The average Bonchev–Trinajstić information content (AvgIpc) is 2.52. The number of amides is 1. The quantitative estimate of drug-likeness (QED) is 0.842. The van der Waals surface area contributed by atoms with Crippen LogP contribution in [0.25, 0.3) is 0 Å². The monoisotopic (exact) mass is 293 g/mol. The highest BCUT2D eigenvalue weighted by molar-refractivity contribution is 6.00. The second-order valence-corrected chi connectivity index (χ2v) is 4.75. The lowest BCUT2D eigenvalue weighted by Gasteiger charge is -2.27. The van der Waals surface area contributed by atoms with Crippen molar-refractivity contribution in [3.05, 3.63) is 17.7 Å². The van der Waals surface area contributed by atoms with Crippen LogP contribution < -0.4 is 14.2 Å². The maximum Gasteiger partial charge on any atom is 0.258 e. The number of nitrogens with zero attached hydrogens (tertiary/aromatic N) is 1. The van der Waals surface area contributed by atoms with Gasteiger partial charge in [0, 0.05) is 13.0 Å². The summed E-state index contributed by atoms with van der Waals surface area (Å²) in [6.45, 7) is 0.721. The molecule has 0 aliphatic carbocycles. The number of rotatable bonds is 4. The van der Waals surface area contributed by atoms with Gasteiger partial charge >= 0.3 is 0 Å². The summed E-state index contributed by atoms with van der Waals surface area (Å²) in [6, 6.07) is 3.28. The molecule has 1 aromatic carbocycles. The number of carbonyl (C=O) groups excluding carboxylic acids is 2. The first-order chi connectivity index (χ1) is 10.1. The van der Waals surface area contributed by atoms with Gasteiger partial charge in [-0.2, -0.15) is 0 Å². The third kappa shape index (κ3) is 2.94. The number of ether oxygens (including phenoxy) is 3. The number of methoxy groups -OCH3 is 3. The van der Waals surface area contributed by atoms with E-state index in [4.69, 9.17) is 14.2 Å². The summed E-state index contributed by atoms with van der Waals surface area (Å²) in [7, 11) is 4.47. The van der Waals surface area contributed by atoms with Crippen molar-refractivity contribution >= 4 is 11.7 Å². The molecule has 6 heteroatoms. The summed E-state index contributed by atoms with van der Waals surface area (Å²) < 4.78 is 15.8. The van der Waals surface area contributed by atoms with E-state index >= 15 is 0 Å². The summed E-state index contributed by atoms with van der Waals surface area (Å²) in [6.07, 6.45) is 1.23. The fraction of sp³-hybridized carbons (Fsp3) is 0.467. The second-order valence-electron chi connectivity index (χ2n) is 4.75. The van der Waals surface area contributed by atoms with Gasteiger partial charge in [-0.15, -0.1) is 0 Å². The molecular formula is C15H19NO5. The summed E-state index contributed by atoms with van der Waals surface area (Å²) in [5, 5.41) is 0. The number of hydrogen-bond acceptors (Lipinski definition) is 5. The Kier molecular flexibility index (Phi) is 4.67. The molecule has 1 fully saturated rings. The minimum atomic E-state index is -0.235. The molecule has 2 rings (SSSR count). The molecule has 1 heterocycles. The van der Waals surface area contributed by atoms with Crippen LogP contribution in [0.5, 0.6) is 17.2 Å². The molecule has 1 saturated heterocycles. The lowest BCUT2D eigenvalue weighted by Crippen LogP contribution is -2.40. The van der Waals surface area contributed by atoms with Gasteiger partial charge in [0.2, 0.25) is 5.75 Å². The standard InChI is InChI=1S/C15H19NO5/c1-19-12-7-6-11(13(20-2)14(12)21-3)15(18)16-8-4-5-10(17)9-16/h6-7H,4-5,8-9H2,1-3H3. The lowest BCUT2D eigenvalue weighted by atomic mass is 10.1. The SMILES string of the molecule is COc1ccc(C(=O)N2CCCC(=O)C2)c(OC)c1OC. The van der Waals surface area contributed by atoms with Crippen LogP contribution in [0.3, 0.4) is 0 Å². The molecule has 1 aromatic rings. The van der Waals surface area contributed by atoms with E-state index in [0.29, 0.717) is 42.2 Å². The number of Topliss-reactive ketones (excluding diaryl/α,β-unsaturated/α-hetero) is 1. The molecule has 114 valence electrons. The minimum absolute atomic E-state index is 0.0778. The van der Waals surface area contributed by atoms with Crippen molar-refractivity contribution in [2.45, 2.75) is 12.8 Å². The molecule has 0 spiro atoms. The number of piperidine rings is 1. The van der Waals surface area contributed by atoms with Gasteiger partial charge in [0.25, 0.3) is 5.91 Å². The predicted molar refractivity (Wildman–Crippen MR) is 76.2 cm³/mol. The fourth-order valence-electron chi connectivity index (χ4n) is 2.45. The van der Waals surface area contributed by atoms with E-state index in [1.807, 2.05) is 0 Å². The number of likely N-dealkylation sites (tertiary alicyclic amines) is 1. The highest BCUT2D eigenvalue weighted by Crippen LogP contribution is 2.40. The van der Waals surface area contributed by atoms with Crippen molar-refractivity contribution in [3.8, 4) is 17.2 Å². The van der Waals surface area contributed by atoms with E-state index in [1.165, 1.54) is 26.2 Å². The molecule has 0 saturated carbocycles. The molecule has 0 atom stereocenters. The molecule has 1 amide bonds. The molecule has 0 bridgehead atoms. The number of ketones is 1. The Morgan fingerprint density at radius 3 is 2.38 bits per heavy atom. The van der Waals surface area contributed by atoms with Gasteiger partial charge in [-0.05, 0) is 18.6 Å². The van der Waals surface area contributed by atoms with E-state index in [9.17, 15) is 9.59 Å². The van der Waals surface area contributed by atoms with Crippen molar-refractivity contribution in [1.82, 2.24) is 4.90 Å². The summed E-state index contributed by atoms with van der Waals surface area (Å²) >= 11 is 0. The highest BCUT2D eigenvalue weighted by atomic mass is 16.5. The zero-order valence-corrected chi connectivity index (χ0v) is 12.5. The Morgan fingerprint density at radius 2 is 1.81 bits per heavy atom. The Hall–Kier alpha value is -2.24. The summed E-state index contributed by atoms with van der Waals surface area (Å²) in [4.78, 5) is 25.6. The lowest BCUT2D eigenvalue weighted by molar-refractivity contribution is -0.121. The van der Waals surface area contributed by atoms with Gasteiger partial charge < -0.3 is 19.1 Å². The summed E-state index contributed by atoms with van der Waals surface area (Å²) in [5.41, 5.74) is 0.366. The van der Waals surface area contributed by atoms with E-state index in [2.05, 4.69) is 0 Å². The first-order valence-electron chi connectivity index (χ1n) is 6.72. The van der Waals surface area contributed by atoms with Gasteiger partial charge in [0.1, 0.15) is 0 Å². The van der Waals surface area contributed by atoms with Crippen LogP contribution in [0.15, 0.2) is 12.1 Å². The molecular weight excluding hydrogens is 274 g/mol. The Morgan fingerprint density at radius 1 is 1.10 bits per heavy atom. The fourth-order valence-corrected chi connectivity index (χ4v) is 2.45. The molecule has 0 unspecified atom stereocenters. The smallest absolute Gasteiger partial charge is 0.258 e. The van der Waals surface area contributed by atoms with Gasteiger partial charge in [0.15, 0.2) is 17.3 Å². The zero-order chi connectivity index (χ0) is 15.4. The van der Waals surface area contributed by atoms with Crippen LogP contribution in [0.4, 0.5) is 0 Å². The normalized spacial score (nSPS) is 14.8. The maximum atomic E-state index is 12.6. The Bertz CT molecular complexity index is 555. The van der Waals surface area contributed by atoms with E-state index in [-0.39, 0.29) is 18.2 Å².